The van der Waals surface area contributed by atoms with Crippen molar-refractivity contribution in [3.05, 3.63) is 39.9 Å². The minimum absolute atomic E-state index is 0.0470. The van der Waals surface area contributed by atoms with Crippen LogP contribution in [0, 0.1) is 0 Å². The van der Waals surface area contributed by atoms with Gasteiger partial charge in [-0.15, -0.1) is 11.6 Å². The van der Waals surface area contributed by atoms with E-state index in [0.29, 0.717) is 5.56 Å². The molecule has 0 amide bonds. The number of rotatable bonds is 5. The van der Waals surface area contributed by atoms with Gasteiger partial charge in [0.2, 0.25) is 0 Å². The third kappa shape index (κ3) is 4.71. The smallest absolute Gasteiger partial charge is 0.328 e. The number of carbonyl (C=O) groups excluding carboxylic acids is 1. The average molecular weight is 318 g/mol. The summed E-state index contributed by atoms with van der Waals surface area (Å²) < 4.78 is 0.836. The van der Waals surface area contributed by atoms with Crippen LogP contribution in [0.1, 0.15) is 11.1 Å². The number of alkyl halides is 1. The van der Waals surface area contributed by atoms with Gasteiger partial charge < -0.3 is 5.11 Å². The molecule has 0 bridgehead atoms. The summed E-state index contributed by atoms with van der Waals surface area (Å²) in [5.41, 5.74) is 1.46. The van der Waals surface area contributed by atoms with Crippen LogP contribution in [0.2, 0.25) is 0 Å². The number of hydrogen-bond donors (Lipinski definition) is 1. The molecule has 0 unspecified atom stereocenters. The molecule has 3 nitrogen and oxygen atoms in total. The Morgan fingerprint density at radius 3 is 2.71 bits per heavy atom. The maximum atomic E-state index is 11.3. The minimum Gasteiger partial charge on any atom is -0.478 e. The van der Waals surface area contributed by atoms with Gasteiger partial charge >= 0.3 is 5.97 Å². The van der Waals surface area contributed by atoms with Crippen LogP contribution in [-0.2, 0) is 16.0 Å². The van der Waals surface area contributed by atoms with Crippen LogP contribution in [0.5, 0.6) is 0 Å². The maximum Gasteiger partial charge on any atom is 0.328 e. The van der Waals surface area contributed by atoms with E-state index in [-0.39, 0.29) is 18.1 Å². The molecule has 1 aromatic rings. The van der Waals surface area contributed by atoms with Gasteiger partial charge in [0.05, 0.1) is 5.88 Å². The highest BCUT2D eigenvalue weighted by Gasteiger charge is 2.06. The van der Waals surface area contributed by atoms with Gasteiger partial charge in [0, 0.05) is 17.0 Å². The summed E-state index contributed by atoms with van der Waals surface area (Å²) in [6.07, 6.45) is 2.70. The van der Waals surface area contributed by atoms with Crippen molar-refractivity contribution in [3.63, 3.8) is 0 Å². The largest absolute Gasteiger partial charge is 0.478 e. The predicted molar refractivity (Wildman–Crippen MR) is 70.2 cm³/mol. The van der Waals surface area contributed by atoms with E-state index in [9.17, 15) is 9.59 Å². The first-order valence-electron chi connectivity index (χ1n) is 4.80. The third-order valence-corrected chi connectivity index (χ3v) is 2.84. The van der Waals surface area contributed by atoms with E-state index in [1.54, 1.807) is 18.2 Å². The van der Waals surface area contributed by atoms with Crippen molar-refractivity contribution in [1.82, 2.24) is 0 Å². The number of hydrogen-bond acceptors (Lipinski definition) is 2. The van der Waals surface area contributed by atoms with E-state index < -0.39 is 5.97 Å². The van der Waals surface area contributed by atoms with Crippen LogP contribution >= 0.6 is 27.5 Å². The van der Waals surface area contributed by atoms with Gasteiger partial charge in [-0.1, -0.05) is 22.0 Å². The number of Topliss-reactive ketones (excluding diaryl/α,β-unsaturated/α-hetero) is 1. The van der Waals surface area contributed by atoms with Gasteiger partial charge in [0.25, 0.3) is 0 Å². The molecule has 0 aliphatic heterocycles. The second-order valence-corrected chi connectivity index (χ2v) is 4.55. The molecule has 5 heteroatoms. The highest BCUT2D eigenvalue weighted by Crippen LogP contribution is 2.19. The number of carboxylic acid groups (broad SMARTS) is 1. The molecular formula is C12H10BrClO3. The monoisotopic (exact) mass is 316 g/mol. The number of ketones is 1. The average Bonchev–Trinajstić information content (AvgIpc) is 2.27. The molecule has 0 fully saturated rings. The Morgan fingerprint density at radius 1 is 1.41 bits per heavy atom. The lowest BCUT2D eigenvalue weighted by Crippen LogP contribution is -2.05. The molecule has 1 aromatic carbocycles. The summed E-state index contributed by atoms with van der Waals surface area (Å²) in [5, 5.41) is 8.56. The second kappa shape index (κ2) is 6.57. The standard InChI is InChI=1S/C12H10BrClO3/c13-10-3-1-8(2-4-12(16)17)9(5-10)6-11(15)7-14/h1-5H,6-7H2,(H,16,17)/b4-2+. The summed E-state index contributed by atoms with van der Waals surface area (Å²) in [7, 11) is 0. The van der Waals surface area contributed by atoms with Gasteiger partial charge in [-0.3, -0.25) is 4.79 Å². The lowest BCUT2D eigenvalue weighted by Gasteiger charge is -2.05. The van der Waals surface area contributed by atoms with E-state index in [1.807, 2.05) is 0 Å². The number of halogens is 2. The Morgan fingerprint density at radius 2 is 2.12 bits per heavy atom. The zero-order chi connectivity index (χ0) is 12.8. The van der Waals surface area contributed by atoms with Gasteiger partial charge in [0.1, 0.15) is 0 Å². The second-order valence-electron chi connectivity index (χ2n) is 3.36. The molecule has 17 heavy (non-hydrogen) atoms. The van der Waals surface area contributed by atoms with E-state index in [2.05, 4.69) is 15.9 Å². The number of benzene rings is 1. The first-order valence-corrected chi connectivity index (χ1v) is 6.12. The molecule has 0 aliphatic rings. The summed E-state index contributed by atoms with van der Waals surface area (Å²) in [5.74, 6) is -1.17. The summed E-state index contributed by atoms with van der Waals surface area (Å²) in [6.45, 7) is 0. The van der Waals surface area contributed by atoms with E-state index >= 15 is 0 Å². The normalized spacial score (nSPS) is 10.7. The Kier molecular flexibility index (Phi) is 5.38. The van der Waals surface area contributed by atoms with Crippen LogP contribution < -0.4 is 0 Å². The molecule has 0 heterocycles. The molecule has 1 rings (SSSR count). The van der Waals surface area contributed by atoms with E-state index in [4.69, 9.17) is 16.7 Å². The Labute approximate surface area is 112 Å². The Hall–Kier alpha value is -1.13. The van der Waals surface area contributed by atoms with Crippen molar-refractivity contribution in [1.29, 1.82) is 0 Å². The van der Waals surface area contributed by atoms with Crippen LogP contribution in [0.4, 0.5) is 0 Å². The van der Waals surface area contributed by atoms with Crippen LogP contribution in [-0.4, -0.2) is 22.7 Å². The van der Waals surface area contributed by atoms with Gasteiger partial charge in [-0.05, 0) is 29.3 Å². The number of carbonyl (C=O) groups is 2. The molecule has 0 saturated heterocycles. The molecule has 0 radical (unpaired) electrons. The SMILES string of the molecule is O=C(O)/C=C/c1ccc(Br)cc1CC(=O)CCl. The fourth-order valence-electron chi connectivity index (χ4n) is 1.31. The third-order valence-electron chi connectivity index (χ3n) is 2.05. The minimum atomic E-state index is -1.03. The first-order chi connectivity index (χ1) is 8.02. The fraction of sp³-hybridized carbons (Fsp3) is 0.167. The van der Waals surface area contributed by atoms with Gasteiger partial charge in [0.15, 0.2) is 5.78 Å². The summed E-state index contributed by atoms with van der Waals surface area (Å²) >= 11 is 8.75. The van der Waals surface area contributed by atoms with Crippen LogP contribution in [0.3, 0.4) is 0 Å². The molecule has 0 aliphatic carbocycles. The number of carboxylic acids is 1. The van der Waals surface area contributed by atoms with Crippen molar-refractivity contribution in [2.75, 3.05) is 5.88 Å². The maximum absolute atomic E-state index is 11.3. The van der Waals surface area contributed by atoms with Crippen LogP contribution in [0.25, 0.3) is 6.08 Å². The van der Waals surface area contributed by atoms with Crippen molar-refractivity contribution in [2.24, 2.45) is 0 Å². The van der Waals surface area contributed by atoms with Crippen molar-refractivity contribution >= 4 is 45.4 Å². The Bertz CT molecular complexity index is 469. The molecule has 0 spiro atoms. The van der Waals surface area contributed by atoms with Crippen LogP contribution in [0.15, 0.2) is 28.7 Å². The van der Waals surface area contributed by atoms with E-state index in [0.717, 1.165) is 16.1 Å². The fourth-order valence-corrected chi connectivity index (χ4v) is 1.81. The number of aliphatic carboxylic acids is 1. The summed E-state index contributed by atoms with van der Waals surface area (Å²) in [4.78, 5) is 21.7. The van der Waals surface area contributed by atoms with Crippen molar-refractivity contribution in [3.8, 4) is 0 Å². The lowest BCUT2D eigenvalue weighted by atomic mass is 10.0. The predicted octanol–water partition coefficient (Wildman–Crippen LogP) is 2.90. The van der Waals surface area contributed by atoms with Gasteiger partial charge in [-0.25, -0.2) is 4.79 Å². The molecular weight excluding hydrogens is 307 g/mol. The first kappa shape index (κ1) is 13.9. The highest BCUT2D eigenvalue weighted by atomic mass is 79.9. The summed E-state index contributed by atoms with van der Waals surface area (Å²) in [6, 6.07) is 5.32. The zero-order valence-electron chi connectivity index (χ0n) is 8.82. The molecule has 0 saturated carbocycles. The van der Waals surface area contributed by atoms with Crippen molar-refractivity contribution in [2.45, 2.75) is 6.42 Å². The lowest BCUT2D eigenvalue weighted by molar-refractivity contribution is -0.131. The topological polar surface area (TPSA) is 54.4 Å². The molecule has 90 valence electrons. The highest BCUT2D eigenvalue weighted by molar-refractivity contribution is 9.10. The van der Waals surface area contributed by atoms with Crippen molar-refractivity contribution < 1.29 is 14.7 Å². The molecule has 0 aromatic heterocycles. The Balaban J connectivity index is 3.03. The quantitative estimate of drug-likeness (QED) is 0.671. The molecule has 1 N–H and O–H groups in total. The van der Waals surface area contributed by atoms with Gasteiger partial charge in [-0.2, -0.15) is 0 Å². The van der Waals surface area contributed by atoms with E-state index in [1.165, 1.54) is 6.08 Å². The zero-order valence-corrected chi connectivity index (χ0v) is 11.2. The molecule has 0 atom stereocenters.